The summed E-state index contributed by atoms with van der Waals surface area (Å²) in [6.45, 7) is 8.33. The normalized spacial score (nSPS) is 20.4. The molecule has 0 saturated carbocycles. The SMILES string of the molecule is CCCNc1cc(N2CCNC(C)C2)ncn1. The van der Waals surface area contributed by atoms with Crippen molar-refractivity contribution in [1.82, 2.24) is 15.3 Å². The number of anilines is 2. The molecule has 0 radical (unpaired) electrons. The predicted octanol–water partition coefficient (Wildman–Crippen LogP) is 1.10. The van der Waals surface area contributed by atoms with E-state index >= 15 is 0 Å². The lowest BCUT2D eigenvalue weighted by Crippen LogP contribution is -2.49. The molecule has 2 rings (SSSR count). The van der Waals surface area contributed by atoms with Crippen molar-refractivity contribution in [2.75, 3.05) is 36.4 Å². The van der Waals surface area contributed by atoms with Crippen molar-refractivity contribution in [3.05, 3.63) is 12.4 Å². The molecule has 5 heteroatoms. The van der Waals surface area contributed by atoms with Crippen molar-refractivity contribution in [1.29, 1.82) is 0 Å². The Kier molecular flexibility index (Phi) is 4.14. The summed E-state index contributed by atoms with van der Waals surface area (Å²) in [4.78, 5) is 10.9. The topological polar surface area (TPSA) is 53.1 Å². The van der Waals surface area contributed by atoms with E-state index in [1.807, 2.05) is 6.07 Å². The maximum Gasteiger partial charge on any atom is 0.134 e. The molecule has 1 fully saturated rings. The van der Waals surface area contributed by atoms with Gasteiger partial charge in [0, 0.05) is 38.3 Å². The summed E-state index contributed by atoms with van der Waals surface area (Å²) in [5, 5.41) is 6.72. The van der Waals surface area contributed by atoms with Crippen molar-refractivity contribution < 1.29 is 0 Å². The van der Waals surface area contributed by atoms with Crippen LogP contribution in [0.1, 0.15) is 20.3 Å². The number of piperazine rings is 1. The minimum Gasteiger partial charge on any atom is -0.370 e. The van der Waals surface area contributed by atoms with Crippen LogP contribution >= 0.6 is 0 Å². The molecule has 1 aliphatic rings. The molecule has 5 nitrogen and oxygen atoms in total. The fourth-order valence-electron chi connectivity index (χ4n) is 2.01. The molecule has 1 atom stereocenters. The molecule has 1 unspecified atom stereocenters. The fourth-order valence-corrected chi connectivity index (χ4v) is 2.01. The lowest BCUT2D eigenvalue weighted by atomic mass is 10.2. The quantitative estimate of drug-likeness (QED) is 0.818. The van der Waals surface area contributed by atoms with Gasteiger partial charge in [0.25, 0.3) is 0 Å². The van der Waals surface area contributed by atoms with E-state index in [1.54, 1.807) is 6.33 Å². The molecule has 1 saturated heterocycles. The smallest absolute Gasteiger partial charge is 0.134 e. The molecule has 94 valence electrons. The second-order valence-electron chi connectivity index (χ2n) is 4.49. The van der Waals surface area contributed by atoms with Gasteiger partial charge in [0.05, 0.1) is 0 Å². The van der Waals surface area contributed by atoms with E-state index in [1.165, 1.54) is 0 Å². The van der Waals surface area contributed by atoms with E-state index in [-0.39, 0.29) is 0 Å². The Morgan fingerprint density at radius 3 is 3.18 bits per heavy atom. The molecule has 17 heavy (non-hydrogen) atoms. The van der Waals surface area contributed by atoms with Crippen LogP contribution in [0.2, 0.25) is 0 Å². The van der Waals surface area contributed by atoms with Crippen LogP contribution in [0.15, 0.2) is 12.4 Å². The van der Waals surface area contributed by atoms with Crippen molar-refractivity contribution in [3.63, 3.8) is 0 Å². The van der Waals surface area contributed by atoms with Crippen molar-refractivity contribution in [2.45, 2.75) is 26.3 Å². The number of hydrogen-bond acceptors (Lipinski definition) is 5. The molecule has 0 spiro atoms. The van der Waals surface area contributed by atoms with E-state index in [4.69, 9.17) is 0 Å². The highest BCUT2D eigenvalue weighted by Gasteiger charge is 2.17. The highest BCUT2D eigenvalue weighted by Crippen LogP contribution is 2.15. The van der Waals surface area contributed by atoms with Crippen LogP contribution < -0.4 is 15.5 Å². The number of nitrogens with zero attached hydrogens (tertiary/aromatic N) is 3. The van der Waals surface area contributed by atoms with Crippen molar-refractivity contribution in [3.8, 4) is 0 Å². The molecule has 0 bridgehead atoms. The van der Waals surface area contributed by atoms with E-state index < -0.39 is 0 Å². The third-order valence-electron chi connectivity index (χ3n) is 2.90. The zero-order valence-electron chi connectivity index (χ0n) is 10.6. The van der Waals surface area contributed by atoms with Gasteiger partial charge < -0.3 is 15.5 Å². The lowest BCUT2D eigenvalue weighted by Gasteiger charge is -2.32. The van der Waals surface area contributed by atoms with Gasteiger partial charge in [-0.3, -0.25) is 0 Å². The zero-order valence-corrected chi connectivity index (χ0v) is 10.6. The van der Waals surface area contributed by atoms with E-state index in [0.29, 0.717) is 6.04 Å². The van der Waals surface area contributed by atoms with Crippen LogP contribution in [0.4, 0.5) is 11.6 Å². The van der Waals surface area contributed by atoms with Gasteiger partial charge in [0.15, 0.2) is 0 Å². The average Bonchev–Trinajstić information content (AvgIpc) is 2.37. The number of rotatable bonds is 4. The van der Waals surface area contributed by atoms with Gasteiger partial charge in [0.1, 0.15) is 18.0 Å². The molecule has 0 amide bonds. The first-order valence-electron chi connectivity index (χ1n) is 6.34. The monoisotopic (exact) mass is 235 g/mol. The average molecular weight is 235 g/mol. The molecule has 1 aliphatic heterocycles. The van der Waals surface area contributed by atoms with Gasteiger partial charge in [-0.1, -0.05) is 6.92 Å². The predicted molar refractivity (Wildman–Crippen MR) is 70.5 cm³/mol. The summed E-state index contributed by atoms with van der Waals surface area (Å²) < 4.78 is 0. The lowest BCUT2D eigenvalue weighted by molar-refractivity contribution is 0.482. The summed E-state index contributed by atoms with van der Waals surface area (Å²) in [7, 11) is 0. The van der Waals surface area contributed by atoms with Crippen molar-refractivity contribution in [2.24, 2.45) is 0 Å². The second kappa shape index (κ2) is 5.82. The first-order chi connectivity index (χ1) is 8.29. The fraction of sp³-hybridized carbons (Fsp3) is 0.667. The Morgan fingerprint density at radius 2 is 2.41 bits per heavy atom. The zero-order chi connectivity index (χ0) is 12.1. The molecular formula is C12H21N5. The Hall–Kier alpha value is -1.36. The summed E-state index contributed by atoms with van der Waals surface area (Å²) in [6, 6.07) is 2.55. The van der Waals surface area contributed by atoms with Crippen LogP contribution in [0, 0.1) is 0 Å². The number of hydrogen-bond donors (Lipinski definition) is 2. The maximum atomic E-state index is 4.35. The molecule has 1 aromatic rings. The van der Waals surface area contributed by atoms with Gasteiger partial charge in [-0.2, -0.15) is 0 Å². The second-order valence-corrected chi connectivity index (χ2v) is 4.49. The van der Waals surface area contributed by atoms with E-state index in [9.17, 15) is 0 Å². The Morgan fingerprint density at radius 1 is 1.53 bits per heavy atom. The third kappa shape index (κ3) is 3.30. The molecule has 2 heterocycles. The molecule has 2 N–H and O–H groups in total. The van der Waals surface area contributed by atoms with Crippen LogP contribution in [-0.2, 0) is 0 Å². The van der Waals surface area contributed by atoms with Crippen LogP contribution in [0.3, 0.4) is 0 Å². The largest absolute Gasteiger partial charge is 0.370 e. The van der Waals surface area contributed by atoms with Gasteiger partial charge in [-0.25, -0.2) is 9.97 Å². The Balaban J connectivity index is 2.04. The maximum absolute atomic E-state index is 4.35. The molecular weight excluding hydrogens is 214 g/mol. The first kappa shape index (κ1) is 12.1. The number of aromatic nitrogens is 2. The van der Waals surface area contributed by atoms with Gasteiger partial charge in [-0.05, 0) is 13.3 Å². The summed E-state index contributed by atoms with van der Waals surface area (Å²) in [6.07, 6.45) is 2.74. The summed E-state index contributed by atoms with van der Waals surface area (Å²) in [5.74, 6) is 1.94. The van der Waals surface area contributed by atoms with Crippen LogP contribution in [0.5, 0.6) is 0 Å². The van der Waals surface area contributed by atoms with Gasteiger partial charge in [-0.15, -0.1) is 0 Å². The summed E-state index contributed by atoms with van der Waals surface area (Å²) in [5.41, 5.74) is 0. The standard InChI is InChI=1S/C12H21N5/c1-3-4-14-11-7-12(16-9-15-11)17-6-5-13-10(2)8-17/h7,9-10,13H,3-6,8H2,1-2H3,(H,14,15,16). The highest BCUT2D eigenvalue weighted by molar-refractivity contribution is 5.48. The van der Waals surface area contributed by atoms with Gasteiger partial charge in [0.2, 0.25) is 0 Å². The van der Waals surface area contributed by atoms with Crippen LogP contribution in [-0.4, -0.2) is 42.2 Å². The van der Waals surface area contributed by atoms with Crippen LogP contribution in [0.25, 0.3) is 0 Å². The Labute approximate surface area is 103 Å². The summed E-state index contributed by atoms with van der Waals surface area (Å²) >= 11 is 0. The first-order valence-corrected chi connectivity index (χ1v) is 6.34. The molecule has 0 aliphatic carbocycles. The van der Waals surface area contributed by atoms with Crippen molar-refractivity contribution >= 4 is 11.6 Å². The highest BCUT2D eigenvalue weighted by atomic mass is 15.2. The molecule has 1 aromatic heterocycles. The number of nitrogens with one attached hydrogen (secondary N) is 2. The minimum atomic E-state index is 0.519. The third-order valence-corrected chi connectivity index (χ3v) is 2.90. The Bertz CT molecular complexity index is 355. The van der Waals surface area contributed by atoms with E-state index in [2.05, 4.69) is 39.3 Å². The molecule has 0 aromatic carbocycles. The minimum absolute atomic E-state index is 0.519. The van der Waals surface area contributed by atoms with E-state index in [0.717, 1.165) is 44.2 Å². The van der Waals surface area contributed by atoms with Gasteiger partial charge >= 0.3 is 0 Å².